The van der Waals surface area contributed by atoms with Gasteiger partial charge < -0.3 is 10.2 Å². The van der Waals surface area contributed by atoms with E-state index < -0.39 is 23.6 Å². The standard InChI is InChI=1S/C24H24F3N3O4/c1-13-9-14(2)11-17(10-13)30-19-12-16(24(25,26)27)7-8-18(19)22(23(30)34)15(3)28-29-20(31)5-4-6-21(32)33/h7-12,34H,4-6H2,1-3H3,(H,29,31)(H,32,33). The number of carboxylic acid groups (broad SMARTS) is 1. The van der Waals surface area contributed by atoms with Gasteiger partial charge in [0.2, 0.25) is 11.8 Å². The average Bonchev–Trinajstić information content (AvgIpc) is 3.01. The maximum Gasteiger partial charge on any atom is 0.416 e. The minimum absolute atomic E-state index is 0.0612. The lowest BCUT2D eigenvalue weighted by atomic mass is 10.1. The predicted octanol–water partition coefficient (Wildman–Crippen LogP) is 5.07. The molecule has 0 aliphatic rings. The van der Waals surface area contributed by atoms with Gasteiger partial charge in [-0.25, -0.2) is 5.43 Å². The molecule has 7 nitrogen and oxygen atoms in total. The number of carboxylic acids is 1. The Hall–Kier alpha value is -3.82. The summed E-state index contributed by atoms with van der Waals surface area (Å²) in [7, 11) is 0. The van der Waals surface area contributed by atoms with Crippen LogP contribution in [-0.2, 0) is 15.8 Å². The van der Waals surface area contributed by atoms with Crippen molar-refractivity contribution in [3.8, 4) is 11.6 Å². The number of fused-ring (bicyclic) bond motifs is 1. The van der Waals surface area contributed by atoms with Crippen molar-refractivity contribution in [2.75, 3.05) is 0 Å². The number of nitrogens with one attached hydrogen (secondary N) is 1. The number of aromatic nitrogens is 1. The van der Waals surface area contributed by atoms with Gasteiger partial charge in [0.25, 0.3) is 0 Å². The van der Waals surface area contributed by atoms with E-state index >= 15 is 0 Å². The zero-order valence-electron chi connectivity index (χ0n) is 18.8. The zero-order chi connectivity index (χ0) is 25.2. The van der Waals surface area contributed by atoms with Crippen molar-refractivity contribution in [2.24, 2.45) is 5.10 Å². The molecule has 0 radical (unpaired) electrons. The van der Waals surface area contributed by atoms with Crippen LogP contribution in [0, 0.1) is 13.8 Å². The molecule has 0 saturated heterocycles. The number of aliphatic carboxylic acids is 1. The second-order valence-corrected chi connectivity index (χ2v) is 8.09. The first-order chi connectivity index (χ1) is 15.9. The number of nitrogens with zero attached hydrogens (tertiary/aromatic N) is 2. The van der Waals surface area contributed by atoms with Gasteiger partial charge in [-0.3, -0.25) is 14.2 Å². The van der Waals surface area contributed by atoms with Crippen molar-refractivity contribution in [3.05, 3.63) is 58.7 Å². The maximum absolute atomic E-state index is 13.4. The number of carbonyl (C=O) groups excluding carboxylic acids is 1. The molecule has 0 unspecified atom stereocenters. The van der Waals surface area contributed by atoms with Crippen molar-refractivity contribution in [1.82, 2.24) is 9.99 Å². The Morgan fingerprint density at radius 2 is 1.71 bits per heavy atom. The van der Waals surface area contributed by atoms with Gasteiger partial charge in [-0.1, -0.05) is 12.1 Å². The molecule has 3 rings (SSSR count). The van der Waals surface area contributed by atoms with Crippen molar-refractivity contribution >= 4 is 28.5 Å². The summed E-state index contributed by atoms with van der Waals surface area (Å²) in [6.45, 7) is 5.19. The molecule has 1 heterocycles. The fraction of sp³-hybridized carbons (Fsp3) is 0.292. The lowest BCUT2D eigenvalue weighted by Gasteiger charge is -2.11. The highest BCUT2D eigenvalue weighted by Crippen LogP contribution is 2.39. The lowest BCUT2D eigenvalue weighted by Crippen LogP contribution is -2.19. The normalized spacial score (nSPS) is 12.2. The van der Waals surface area contributed by atoms with Crippen LogP contribution in [0.25, 0.3) is 16.6 Å². The molecular formula is C24H24F3N3O4. The summed E-state index contributed by atoms with van der Waals surface area (Å²) in [6, 6.07) is 8.55. The zero-order valence-corrected chi connectivity index (χ0v) is 18.8. The smallest absolute Gasteiger partial charge is 0.416 e. The molecule has 0 spiro atoms. The molecule has 0 aliphatic heterocycles. The number of aryl methyl sites for hydroxylation is 2. The third-order valence-corrected chi connectivity index (χ3v) is 5.24. The number of hydrogen-bond acceptors (Lipinski definition) is 4. The fourth-order valence-corrected chi connectivity index (χ4v) is 3.81. The molecule has 3 aromatic rings. The van der Waals surface area contributed by atoms with E-state index in [9.17, 15) is 27.9 Å². The first kappa shape index (κ1) is 24.8. The Morgan fingerprint density at radius 1 is 1.06 bits per heavy atom. The van der Waals surface area contributed by atoms with Crippen molar-refractivity contribution in [2.45, 2.75) is 46.2 Å². The first-order valence-corrected chi connectivity index (χ1v) is 10.5. The van der Waals surface area contributed by atoms with Gasteiger partial charge in [-0.05, 0) is 62.6 Å². The van der Waals surface area contributed by atoms with Crippen LogP contribution in [0.2, 0.25) is 0 Å². The Morgan fingerprint density at radius 3 is 2.29 bits per heavy atom. The number of benzene rings is 2. The summed E-state index contributed by atoms with van der Waals surface area (Å²) in [4.78, 5) is 22.5. The number of amides is 1. The van der Waals surface area contributed by atoms with E-state index in [0.717, 1.165) is 23.3 Å². The molecule has 2 aromatic carbocycles. The van der Waals surface area contributed by atoms with Crippen LogP contribution in [0.15, 0.2) is 41.5 Å². The van der Waals surface area contributed by atoms with E-state index in [4.69, 9.17) is 5.11 Å². The SMILES string of the molecule is CC(=NNC(=O)CCCC(=O)O)c1c(O)n(-c2cc(C)cc(C)c2)c2cc(C(F)(F)F)ccc12. The van der Waals surface area contributed by atoms with Crippen LogP contribution >= 0.6 is 0 Å². The first-order valence-electron chi connectivity index (χ1n) is 10.5. The third kappa shape index (κ3) is 5.38. The number of hydrogen-bond donors (Lipinski definition) is 3. The van der Waals surface area contributed by atoms with E-state index in [2.05, 4.69) is 10.5 Å². The number of halogens is 3. The van der Waals surface area contributed by atoms with Crippen molar-refractivity contribution in [3.63, 3.8) is 0 Å². The van der Waals surface area contributed by atoms with Gasteiger partial charge >= 0.3 is 12.1 Å². The molecule has 0 fully saturated rings. The van der Waals surface area contributed by atoms with E-state index in [-0.39, 0.29) is 41.9 Å². The van der Waals surface area contributed by atoms with Crippen LogP contribution in [0.3, 0.4) is 0 Å². The Balaban J connectivity index is 2.11. The molecular weight excluding hydrogens is 451 g/mol. The second kappa shape index (κ2) is 9.58. The average molecular weight is 475 g/mol. The maximum atomic E-state index is 13.4. The number of aromatic hydroxyl groups is 1. The van der Waals surface area contributed by atoms with Crippen LogP contribution < -0.4 is 5.43 Å². The highest BCUT2D eigenvalue weighted by atomic mass is 19.4. The molecule has 10 heteroatoms. The van der Waals surface area contributed by atoms with Crippen molar-refractivity contribution in [1.29, 1.82) is 0 Å². The Labute approximate surface area is 193 Å². The van der Waals surface area contributed by atoms with Gasteiger partial charge in [0.15, 0.2) is 0 Å². The van der Waals surface area contributed by atoms with E-state index in [1.165, 1.54) is 17.6 Å². The van der Waals surface area contributed by atoms with Gasteiger partial charge in [-0.15, -0.1) is 0 Å². The van der Waals surface area contributed by atoms with Crippen LogP contribution in [0.4, 0.5) is 13.2 Å². The molecule has 3 N–H and O–H groups in total. The molecule has 0 atom stereocenters. The van der Waals surface area contributed by atoms with Gasteiger partial charge in [0.05, 0.1) is 22.4 Å². The minimum atomic E-state index is -4.57. The van der Waals surface area contributed by atoms with Crippen LogP contribution in [-0.4, -0.2) is 32.4 Å². The fourth-order valence-electron chi connectivity index (χ4n) is 3.81. The van der Waals surface area contributed by atoms with Gasteiger partial charge in [0, 0.05) is 23.9 Å². The van der Waals surface area contributed by atoms with Gasteiger partial charge in [-0.2, -0.15) is 18.3 Å². The van der Waals surface area contributed by atoms with E-state index in [1.54, 1.807) is 12.1 Å². The van der Waals surface area contributed by atoms with Gasteiger partial charge in [0.1, 0.15) is 0 Å². The highest BCUT2D eigenvalue weighted by Gasteiger charge is 2.32. The topological polar surface area (TPSA) is 104 Å². The summed E-state index contributed by atoms with van der Waals surface area (Å²) in [6.07, 6.45) is -4.67. The monoisotopic (exact) mass is 475 g/mol. The summed E-state index contributed by atoms with van der Waals surface area (Å²) in [5.41, 5.74) is 4.14. The van der Waals surface area contributed by atoms with E-state index in [1.807, 2.05) is 19.9 Å². The molecule has 180 valence electrons. The van der Waals surface area contributed by atoms with Crippen molar-refractivity contribution < 1.29 is 33.0 Å². The second-order valence-electron chi connectivity index (χ2n) is 8.09. The molecule has 0 bridgehead atoms. The number of rotatable bonds is 7. The number of hydrazone groups is 1. The summed E-state index contributed by atoms with van der Waals surface area (Å²) in [5.74, 6) is -1.85. The molecule has 0 aliphatic carbocycles. The number of carbonyl (C=O) groups is 2. The number of alkyl halides is 3. The summed E-state index contributed by atoms with van der Waals surface area (Å²) < 4.78 is 41.6. The molecule has 0 saturated carbocycles. The predicted molar refractivity (Wildman–Crippen MR) is 121 cm³/mol. The summed E-state index contributed by atoms with van der Waals surface area (Å²) >= 11 is 0. The highest BCUT2D eigenvalue weighted by molar-refractivity contribution is 6.13. The van der Waals surface area contributed by atoms with E-state index in [0.29, 0.717) is 11.1 Å². The molecule has 34 heavy (non-hydrogen) atoms. The largest absolute Gasteiger partial charge is 0.494 e. The third-order valence-electron chi connectivity index (χ3n) is 5.24. The quantitative estimate of drug-likeness (QED) is 0.328. The lowest BCUT2D eigenvalue weighted by molar-refractivity contribution is -0.138. The summed E-state index contributed by atoms with van der Waals surface area (Å²) in [5, 5.41) is 24.1. The molecule has 1 amide bonds. The minimum Gasteiger partial charge on any atom is -0.494 e. The Kier molecular flexibility index (Phi) is 6.99. The Bertz CT molecular complexity index is 1270. The molecule has 1 aromatic heterocycles. The van der Waals surface area contributed by atoms with Crippen LogP contribution in [0.1, 0.15) is 48.4 Å². The van der Waals surface area contributed by atoms with Crippen LogP contribution in [0.5, 0.6) is 5.88 Å².